The molecule has 1 heterocycles. The molecule has 1 atom stereocenters. The quantitative estimate of drug-likeness (QED) is 0.809. The summed E-state index contributed by atoms with van der Waals surface area (Å²) in [5.74, 6) is -1.20. The highest BCUT2D eigenvalue weighted by Crippen LogP contribution is 2.34. The van der Waals surface area contributed by atoms with Crippen molar-refractivity contribution in [2.24, 2.45) is 5.41 Å². The molecule has 0 bridgehead atoms. The Labute approximate surface area is 154 Å². The van der Waals surface area contributed by atoms with Gasteiger partial charge in [0.15, 0.2) is 0 Å². The van der Waals surface area contributed by atoms with E-state index in [1.54, 1.807) is 0 Å². The van der Waals surface area contributed by atoms with Crippen LogP contribution in [0.1, 0.15) is 42.6 Å². The van der Waals surface area contributed by atoms with Crippen LogP contribution in [0.2, 0.25) is 5.02 Å². The maximum absolute atomic E-state index is 12.8. The van der Waals surface area contributed by atoms with Gasteiger partial charge in [-0.1, -0.05) is 25.4 Å². The largest absolute Gasteiger partial charge is 0.478 e. The highest BCUT2D eigenvalue weighted by molar-refractivity contribution is 7.89. The SMILES string of the molecule is Cc1c(C(=O)O)cc(Cl)cc1S(=O)(=O)NCC1N(C)CCCC1(C)C. The van der Waals surface area contributed by atoms with Gasteiger partial charge in [-0.2, -0.15) is 0 Å². The number of carboxylic acids is 1. The molecule has 1 aliphatic rings. The minimum absolute atomic E-state index is 0.00881. The molecule has 1 saturated heterocycles. The fraction of sp³-hybridized carbons (Fsp3) is 0.588. The molecule has 0 amide bonds. The number of likely N-dealkylation sites (N-methyl/N-ethyl adjacent to an activating group) is 1. The van der Waals surface area contributed by atoms with E-state index in [9.17, 15) is 18.3 Å². The molecule has 0 spiro atoms. The number of piperidine rings is 1. The van der Waals surface area contributed by atoms with Gasteiger partial charge < -0.3 is 10.0 Å². The molecule has 8 heteroatoms. The van der Waals surface area contributed by atoms with Crippen molar-refractivity contribution < 1.29 is 18.3 Å². The lowest BCUT2D eigenvalue weighted by atomic mass is 9.77. The highest BCUT2D eigenvalue weighted by Gasteiger charge is 2.36. The Morgan fingerprint density at radius 1 is 1.44 bits per heavy atom. The summed E-state index contributed by atoms with van der Waals surface area (Å²) in [4.78, 5) is 13.4. The lowest BCUT2D eigenvalue weighted by Crippen LogP contribution is -2.53. The van der Waals surface area contributed by atoms with Gasteiger partial charge in [0.25, 0.3) is 0 Å². The number of likely N-dealkylation sites (tertiary alicyclic amines) is 1. The van der Waals surface area contributed by atoms with Gasteiger partial charge in [0.2, 0.25) is 10.0 Å². The molecule has 1 aromatic rings. The van der Waals surface area contributed by atoms with E-state index in [0.29, 0.717) is 0 Å². The highest BCUT2D eigenvalue weighted by atomic mass is 35.5. The molecule has 0 aromatic heterocycles. The van der Waals surface area contributed by atoms with E-state index in [4.69, 9.17) is 11.6 Å². The lowest BCUT2D eigenvalue weighted by Gasteiger charge is -2.45. The first-order valence-corrected chi connectivity index (χ1v) is 10.0. The third-order valence-corrected chi connectivity index (χ3v) is 6.85. The third-order valence-electron chi connectivity index (χ3n) is 5.08. The average molecular weight is 389 g/mol. The molecule has 6 nitrogen and oxygen atoms in total. The second-order valence-corrected chi connectivity index (χ2v) is 9.49. The van der Waals surface area contributed by atoms with Crippen LogP contribution in [0.15, 0.2) is 17.0 Å². The number of nitrogens with zero attached hydrogens (tertiary/aromatic N) is 1. The van der Waals surface area contributed by atoms with Crippen LogP contribution in [0.5, 0.6) is 0 Å². The minimum atomic E-state index is -3.87. The molecule has 140 valence electrons. The molecule has 1 fully saturated rings. The summed E-state index contributed by atoms with van der Waals surface area (Å²) in [6.07, 6.45) is 2.12. The van der Waals surface area contributed by atoms with Gasteiger partial charge in [-0.25, -0.2) is 17.9 Å². The Morgan fingerprint density at radius 3 is 2.64 bits per heavy atom. The summed E-state index contributed by atoms with van der Waals surface area (Å²) < 4.78 is 28.2. The third kappa shape index (κ3) is 4.34. The van der Waals surface area contributed by atoms with Gasteiger partial charge in [0.05, 0.1) is 10.5 Å². The zero-order chi connectivity index (χ0) is 19.0. The molecule has 0 radical (unpaired) electrons. The molecule has 1 aromatic carbocycles. The van der Waals surface area contributed by atoms with Crippen LogP contribution in [-0.2, 0) is 10.0 Å². The second-order valence-electron chi connectivity index (χ2n) is 7.32. The van der Waals surface area contributed by atoms with E-state index >= 15 is 0 Å². The van der Waals surface area contributed by atoms with Crippen molar-refractivity contribution in [1.82, 2.24) is 9.62 Å². The van der Waals surface area contributed by atoms with Crippen molar-refractivity contribution in [2.45, 2.75) is 44.6 Å². The summed E-state index contributed by atoms with van der Waals surface area (Å²) in [5.41, 5.74) is 0.0640. The number of sulfonamides is 1. The van der Waals surface area contributed by atoms with Crippen molar-refractivity contribution in [3.8, 4) is 0 Å². The van der Waals surface area contributed by atoms with Crippen molar-refractivity contribution in [3.05, 3.63) is 28.3 Å². The Hall–Kier alpha value is -1.15. The first-order valence-electron chi connectivity index (χ1n) is 8.19. The van der Waals surface area contributed by atoms with E-state index in [2.05, 4.69) is 23.5 Å². The standard InChI is InChI=1S/C17H25ClN2O4S/c1-11-13(16(21)22)8-12(18)9-14(11)25(23,24)19-10-15-17(2,3)6-5-7-20(15)4/h8-9,15,19H,5-7,10H2,1-4H3,(H,21,22). The number of hydrogen-bond acceptors (Lipinski definition) is 4. The zero-order valence-electron chi connectivity index (χ0n) is 15.0. The minimum Gasteiger partial charge on any atom is -0.478 e. The van der Waals surface area contributed by atoms with Gasteiger partial charge >= 0.3 is 5.97 Å². The fourth-order valence-corrected chi connectivity index (χ4v) is 5.17. The van der Waals surface area contributed by atoms with Crippen molar-refractivity contribution >= 4 is 27.6 Å². The number of nitrogens with one attached hydrogen (secondary N) is 1. The van der Waals surface area contributed by atoms with Gasteiger partial charge in [-0.05, 0) is 56.5 Å². The maximum atomic E-state index is 12.8. The predicted molar refractivity (Wildman–Crippen MR) is 97.8 cm³/mol. The van der Waals surface area contributed by atoms with Crippen LogP contribution in [0.4, 0.5) is 0 Å². The van der Waals surface area contributed by atoms with Gasteiger partial charge in [0, 0.05) is 17.6 Å². The van der Waals surface area contributed by atoms with Crippen LogP contribution in [0.3, 0.4) is 0 Å². The molecule has 0 aliphatic carbocycles. The van der Waals surface area contributed by atoms with E-state index < -0.39 is 16.0 Å². The number of rotatable bonds is 5. The summed E-state index contributed by atoms with van der Waals surface area (Å²) in [6, 6.07) is 2.62. The first-order chi connectivity index (χ1) is 11.5. The molecule has 25 heavy (non-hydrogen) atoms. The molecule has 0 saturated carbocycles. The molecule has 2 rings (SSSR count). The van der Waals surface area contributed by atoms with Crippen molar-refractivity contribution in [1.29, 1.82) is 0 Å². The zero-order valence-corrected chi connectivity index (χ0v) is 16.5. The normalized spacial score (nSPS) is 21.2. The predicted octanol–water partition coefficient (Wildman–Crippen LogP) is 2.75. The topological polar surface area (TPSA) is 86.7 Å². The number of halogens is 1. The van der Waals surface area contributed by atoms with E-state index in [-0.39, 0.29) is 39.0 Å². The number of aromatic carboxylic acids is 1. The van der Waals surface area contributed by atoms with Crippen LogP contribution in [0.25, 0.3) is 0 Å². The number of benzene rings is 1. The molecular formula is C17H25ClN2O4S. The van der Waals surface area contributed by atoms with Crippen molar-refractivity contribution in [3.63, 3.8) is 0 Å². The van der Waals surface area contributed by atoms with Gasteiger partial charge in [-0.15, -0.1) is 0 Å². The first kappa shape index (κ1) is 20.2. The fourth-order valence-electron chi connectivity index (χ4n) is 3.56. The van der Waals surface area contributed by atoms with Gasteiger partial charge in [-0.3, -0.25) is 0 Å². The Kier molecular flexibility index (Phi) is 5.83. The Balaban J connectivity index is 2.30. The van der Waals surface area contributed by atoms with Crippen LogP contribution in [0, 0.1) is 12.3 Å². The summed E-state index contributed by atoms with van der Waals surface area (Å²) in [7, 11) is -1.87. The molecular weight excluding hydrogens is 364 g/mol. The Bertz CT molecular complexity index is 777. The molecule has 2 N–H and O–H groups in total. The van der Waals surface area contributed by atoms with Crippen LogP contribution in [-0.4, -0.2) is 50.6 Å². The van der Waals surface area contributed by atoms with Crippen molar-refractivity contribution in [2.75, 3.05) is 20.1 Å². The number of carbonyl (C=O) groups is 1. The number of carboxylic acid groups (broad SMARTS) is 1. The molecule has 1 unspecified atom stereocenters. The summed E-state index contributed by atoms with van der Waals surface area (Å²) >= 11 is 5.93. The van der Waals surface area contributed by atoms with E-state index in [1.165, 1.54) is 19.1 Å². The molecule has 1 aliphatic heterocycles. The van der Waals surface area contributed by atoms with Gasteiger partial charge in [0.1, 0.15) is 0 Å². The van der Waals surface area contributed by atoms with E-state index in [1.807, 2.05) is 7.05 Å². The lowest BCUT2D eigenvalue weighted by molar-refractivity contribution is 0.0619. The smallest absolute Gasteiger partial charge is 0.336 e. The summed E-state index contributed by atoms with van der Waals surface area (Å²) in [5, 5.41) is 9.32. The van der Waals surface area contributed by atoms with E-state index in [0.717, 1.165) is 19.4 Å². The number of hydrogen-bond donors (Lipinski definition) is 2. The monoisotopic (exact) mass is 388 g/mol. The average Bonchev–Trinajstić information content (AvgIpc) is 2.47. The summed E-state index contributed by atoms with van der Waals surface area (Å²) in [6.45, 7) is 6.93. The Morgan fingerprint density at radius 2 is 2.08 bits per heavy atom. The van der Waals surface area contributed by atoms with Crippen LogP contribution < -0.4 is 4.72 Å². The second kappa shape index (κ2) is 7.23. The van der Waals surface area contributed by atoms with Crippen LogP contribution >= 0.6 is 11.6 Å². The maximum Gasteiger partial charge on any atom is 0.336 e.